The lowest BCUT2D eigenvalue weighted by Crippen LogP contribution is -2.41. The van der Waals surface area contributed by atoms with E-state index in [-0.39, 0.29) is 17.8 Å². The van der Waals surface area contributed by atoms with Crippen molar-refractivity contribution in [3.63, 3.8) is 0 Å². The average molecular weight is 327 g/mol. The van der Waals surface area contributed by atoms with E-state index in [2.05, 4.69) is 0 Å². The Bertz CT molecular complexity index is 707. The van der Waals surface area contributed by atoms with Crippen LogP contribution in [0, 0.1) is 12.8 Å². The minimum Gasteiger partial charge on any atom is -0.469 e. The van der Waals surface area contributed by atoms with Gasteiger partial charge in [0.25, 0.3) is 5.91 Å². The number of benzene rings is 1. The second kappa shape index (κ2) is 7.34. The van der Waals surface area contributed by atoms with Gasteiger partial charge in [-0.2, -0.15) is 0 Å². The first-order chi connectivity index (χ1) is 11.6. The van der Waals surface area contributed by atoms with Crippen LogP contribution >= 0.6 is 0 Å². The number of nitrogens with zero attached hydrogens (tertiary/aromatic N) is 1. The lowest BCUT2D eigenvalue weighted by atomic mass is 9.98. The fraction of sp³-hybridized carbons (Fsp3) is 0.368. The molecule has 0 bridgehead atoms. The molecule has 2 aromatic rings. The maximum absolute atomic E-state index is 12.5. The highest BCUT2D eigenvalue weighted by Gasteiger charge is 2.25. The van der Waals surface area contributed by atoms with Gasteiger partial charge in [-0.15, -0.1) is 0 Å². The number of aryl methyl sites for hydroxylation is 1. The fourth-order valence-corrected chi connectivity index (χ4v) is 2.98. The van der Waals surface area contributed by atoms with Gasteiger partial charge in [0.2, 0.25) is 0 Å². The Morgan fingerprint density at radius 1 is 1.25 bits per heavy atom. The number of carbonyl (C=O) groups excluding carboxylic acids is 2. The van der Waals surface area contributed by atoms with Gasteiger partial charge in [0, 0.05) is 24.6 Å². The van der Waals surface area contributed by atoms with Crippen LogP contribution in [0.1, 0.15) is 39.3 Å². The first kappa shape index (κ1) is 16.3. The molecule has 1 aliphatic rings. The second-order valence-corrected chi connectivity index (χ2v) is 6.17. The molecule has 1 atom stereocenters. The smallest absolute Gasteiger partial charge is 0.341 e. The first-order valence-corrected chi connectivity index (χ1v) is 8.20. The minimum atomic E-state index is -0.377. The molecule has 0 aliphatic carbocycles. The number of hydrogen-bond donors (Lipinski definition) is 0. The largest absolute Gasteiger partial charge is 0.469 e. The molecule has 0 N–H and O–H groups in total. The Balaban J connectivity index is 1.54. The molecule has 5 nitrogen and oxygen atoms in total. The molecule has 1 saturated heterocycles. The van der Waals surface area contributed by atoms with Crippen molar-refractivity contribution in [3.8, 4) is 0 Å². The van der Waals surface area contributed by atoms with Crippen LogP contribution in [-0.4, -0.2) is 36.5 Å². The van der Waals surface area contributed by atoms with Crippen molar-refractivity contribution in [2.24, 2.45) is 5.92 Å². The van der Waals surface area contributed by atoms with Crippen LogP contribution in [0.5, 0.6) is 0 Å². The van der Waals surface area contributed by atoms with Crippen molar-refractivity contribution in [1.29, 1.82) is 0 Å². The Morgan fingerprint density at radius 2 is 2.04 bits per heavy atom. The second-order valence-electron chi connectivity index (χ2n) is 6.17. The Hall–Kier alpha value is -2.56. The maximum atomic E-state index is 12.5. The molecule has 0 unspecified atom stereocenters. The average Bonchev–Trinajstić information content (AvgIpc) is 3.06. The Labute approximate surface area is 141 Å². The highest BCUT2D eigenvalue weighted by molar-refractivity contribution is 5.94. The summed E-state index contributed by atoms with van der Waals surface area (Å²) in [5.41, 5.74) is 1.13. The van der Waals surface area contributed by atoms with Gasteiger partial charge >= 0.3 is 5.97 Å². The monoisotopic (exact) mass is 327 g/mol. The number of rotatable bonds is 4. The van der Waals surface area contributed by atoms with Crippen molar-refractivity contribution in [3.05, 3.63) is 59.5 Å². The molecule has 1 fully saturated rings. The van der Waals surface area contributed by atoms with Gasteiger partial charge in [-0.3, -0.25) is 4.79 Å². The lowest BCUT2D eigenvalue weighted by molar-refractivity contribution is 0.0342. The number of furan rings is 1. The Kier molecular flexibility index (Phi) is 4.99. The van der Waals surface area contributed by atoms with Gasteiger partial charge < -0.3 is 14.1 Å². The van der Waals surface area contributed by atoms with Crippen LogP contribution in [0.25, 0.3) is 0 Å². The third-order valence-corrected chi connectivity index (χ3v) is 4.24. The number of esters is 1. The van der Waals surface area contributed by atoms with E-state index in [1.54, 1.807) is 13.0 Å². The number of carbonyl (C=O) groups is 2. The van der Waals surface area contributed by atoms with Crippen molar-refractivity contribution in [2.45, 2.75) is 19.8 Å². The van der Waals surface area contributed by atoms with Gasteiger partial charge in [-0.1, -0.05) is 18.2 Å². The zero-order valence-electron chi connectivity index (χ0n) is 13.7. The Morgan fingerprint density at radius 3 is 2.75 bits per heavy atom. The van der Waals surface area contributed by atoms with E-state index >= 15 is 0 Å². The van der Waals surface area contributed by atoms with E-state index in [4.69, 9.17) is 9.15 Å². The zero-order valence-corrected chi connectivity index (χ0v) is 13.7. The highest BCUT2D eigenvalue weighted by Crippen LogP contribution is 2.19. The predicted molar refractivity (Wildman–Crippen MR) is 88.8 cm³/mol. The van der Waals surface area contributed by atoms with Crippen LogP contribution in [0.3, 0.4) is 0 Å². The van der Waals surface area contributed by atoms with Crippen LogP contribution in [0.15, 0.2) is 47.1 Å². The fourth-order valence-electron chi connectivity index (χ4n) is 2.98. The minimum absolute atomic E-state index is 0.0390. The summed E-state index contributed by atoms with van der Waals surface area (Å²) in [7, 11) is 0. The van der Waals surface area contributed by atoms with Crippen LogP contribution < -0.4 is 0 Å². The van der Waals surface area contributed by atoms with Gasteiger partial charge in [0.1, 0.15) is 12.0 Å². The molecule has 3 rings (SSSR count). The van der Waals surface area contributed by atoms with E-state index in [1.807, 2.05) is 35.2 Å². The van der Waals surface area contributed by atoms with Crippen molar-refractivity contribution in [2.75, 3.05) is 19.7 Å². The topological polar surface area (TPSA) is 59.8 Å². The summed E-state index contributed by atoms with van der Waals surface area (Å²) in [4.78, 5) is 26.3. The van der Waals surface area contributed by atoms with Gasteiger partial charge in [0.05, 0.1) is 12.2 Å². The summed E-state index contributed by atoms with van der Waals surface area (Å²) in [6, 6.07) is 10.9. The van der Waals surface area contributed by atoms with Crippen LogP contribution in [0.4, 0.5) is 0 Å². The number of hydrogen-bond acceptors (Lipinski definition) is 4. The highest BCUT2D eigenvalue weighted by atomic mass is 16.5. The summed E-state index contributed by atoms with van der Waals surface area (Å²) in [6.07, 6.45) is 3.28. The van der Waals surface area contributed by atoms with E-state index in [0.29, 0.717) is 30.0 Å². The number of likely N-dealkylation sites (tertiary alicyclic amines) is 1. The number of amides is 1. The van der Waals surface area contributed by atoms with E-state index < -0.39 is 0 Å². The SMILES string of the molecule is Cc1cc(C(=O)OC[C@H]2CCCN(C(=O)c3ccccc3)C2)co1. The zero-order chi connectivity index (χ0) is 16.9. The van der Waals surface area contributed by atoms with Gasteiger partial charge in [-0.05, 0) is 38.0 Å². The molecular weight excluding hydrogens is 306 g/mol. The third kappa shape index (κ3) is 3.85. The van der Waals surface area contributed by atoms with Crippen LogP contribution in [-0.2, 0) is 4.74 Å². The first-order valence-electron chi connectivity index (χ1n) is 8.20. The molecule has 0 saturated carbocycles. The molecule has 1 aromatic carbocycles. The molecule has 24 heavy (non-hydrogen) atoms. The van der Waals surface area contributed by atoms with Gasteiger partial charge in [0.15, 0.2) is 0 Å². The molecule has 1 aliphatic heterocycles. The molecule has 2 heterocycles. The van der Waals surface area contributed by atoms with Gasteiger partial charge in [-0.25, -0.2) is 4.79 Å². The summed E-state index contributed by atoms with van der Waals surface area (Å²) in [6.45, 7) is 3.47. The van der Waals surface area contributed by atoms with Crippen LogP contribution in [0.2, 0.25) is 0 Å². The summed E-state index contributed by atoms with van der Waals surface area (Å²) < 4.78 is 10.5. The third-order valence-electron chi connectivity index (χ3n) is 4.24. The normalized spacial score (nSPS) is 17.5. The van der Waals surface area contributed by atoms with Crippen molar-refractivity contribution >= 4 is 11.9 Å². The van der Waals surface area contributed by atoms with Crippen molar-refractivity contribution < 1.29 is 18.7 Å². The van der Waals surface area contributed by atoms with E-state index in [1.165, 1.54) is 6.26 Å². The molecule has 5 heteroatoms. The number of ether oxygens (including phenoxy) is 1. The van der Waals surface area contributed by atoms with E-state index in [0.717, 1.165) is 19.4 Å². The molecule has 0 spiro atoms. The molecule has 0 radical (unpaired) electrons. The molecular formula is C19H21NO4. The number of piperidine rings is 1. The molecule has 126 valence electrons. The predicted octanol–water partition coefficient (Wildman–Crippen LogP) is 3.30. The van der Waals surface area contributed by atoms with Crippen molar-refractivity contribution in [1.82, 2.24) is 4.90 Å². The summed E-state index contributed by atoms with van der Waals surface area (Å²) >= 11 is 0. The summed E-state index contributed by atoms with van der Waals surface area (Å²) in [5.74, 6) is 0.512. The standard InChI is InChI=1S/C19H21NO4/c1-14-10-17(13-23-14)19(22)24-12-15-6-5-9-20(11-15)18(21)16-7-3-2-4-8-16/h2-4,7-8,10,13,15H,5-6,9,11-12H2,1H3/t15-/m0/s1. The molecule has 1 amide bonds. The maximum Gasteiger partial charge on any atom is 0.341 e. The summed E-state index contributed by atoms with van der Waals surface area (Å²) in [5, 5.41) is 0. The van der Waals surface area contributed by atoms with E-state index in [9.17, 15) is 9.59 Å². The lowest BCUT2D eigenvalue weighted by Gasteiger charge is -2.32. The quantitative estimate of drug-likeness (QED) is 0.809. The molecule has 1 aromatic heterocycles.